The molecule has 4 rings (SSSR count). The van der Waals surface area contributed by atoms with E-state index in [-0.39, 0.29) is 29.5 Å². The first-order chi connectivity index (χ1) is 15.5. The van der Waals surface area contributed by atoms with Crippen LogP contribution in [0, 0.1) is 13.8 Å². The van der Waals surface area contributed by atoms with Gasteiger partial charge in [-0.2, -0.15) is 0 Å². The third-order valence-corrected chi connectivity index (χ3v) is 5.04. The van der Waals surface area contributed by atoms with E-state index < -0.39 is 0 Å². The number of nitrogens with one attached hydrogen (secondary N) is 1. The molecule has 0 radical (unpaired) electrons. The maximum Gasteiger partial charge on any atom is 0.262 e. The molecule has 0 bridgehead atoms. The van der Waals surface area contributed by atoms with Crippen molar-refractivity contribution < 1.29 is 18.7 Å². The highest BCUT2D eigenvalue weighted by Gasteiger charge is 2.20. The summed E-state index contributed by atoms with van der Waals surface area (Å²) in [7, 11) is 1.58. The summed E-state index contributed by atoms with van der Waals surface area (Å²) in [5, 5.41) is 3.16. The number of benzene rings is 3. The average molecular weight is 429 g/mol. The molecule has 0 fully saturated rings. The van der Waals surface area contributed by atoms with Crippen LogP contribution in [0.25, 0.3) is 22.3 Å². The summed E-state index contributed by atoms with van der Waals surface area (Å²) in [6, 6.07) is 19.9. The fraction of sp³-hybridized carbons (Fsp3) is 0.154. The van der Waals surface area contributed by atoms with Crippen LogP contribution < -0.4 is 20.2 Å². The second-order valence-electron chi connectivity index (χ2n) is 7.48. The third-order valence-electron chi connectivity index (χ3n) is 5.04. The molecule has 1 aromatic heterocycles. The molecule has 3 aromatic carbocycles. The zero-order valence-electron chi connectivity index (χ0n) is 18.1. The highest BCUT2D eigenvalue weighted by atomic mass is 16.5. The van der Waals surface area contributed by atoms with Crippen molar-refractivity contribution in [2.24, 2.45) is 0 Å². The SMILES string of the molecule is COc1ccc(-c2oc3c(C)cc(C)cc3c(=O)c2OCC(=O)Nc2ccccc2)cc1. The van der Waals surface area contributed by atoms with Crippen LogP contribution in [0.4, 0.5) is 5.69 Å². The monoisotopic (exact) mass is 429 g/mol. The number of hydrogen-bond acceptors (Lipinski definition) is 5. The van der Waals surface area contributed by atoms with E-state index in [1.165, 1.54) is 0 Å². The number of carbonyl (C=O) groups is 1. The Hall–Kier alpha value is -4.06. The van der Waals surface area contributed by atoms with E-state index in [0.29, 0.717) is 28.0 Å². The van der Waals surface area contributed by atoms with Gasteiger partial charge in [0.05, 0.1) is 12.5 Å². The fourth-order valence-electron chi connectivity index (χ4n) is 3.55. The Morgan fingerprint density at radius 3 is 2.41 bits per heavy atom. The van der Waals surface area contributed by atoms with E-state index in [1.54, 1.807) is 49.6 Å². The van der Waals surface area contributed by atoms with Crippen LogP contribution in [0.5, 0.6) is 11.5 Å². The van der Waals surface area contributed by atoms with Gasteiger partial charge in [0.1, 0.15) is 11.3 Å². The van der Waals surface area contributed by atoms with Gasteiger partial charge >= 0.3 is 0 Å². The largest absolute Gasteiger partial charge is 0.497 e. The first-order valence-electron chi connectivity index (χ1n) is 10.2. The third kappa shape index (κ3) is 4.34. The van der Waals surface area contributed by atoms with Gasteiger partial charge in [0, 0.05) is 11.3 Å². The molecule has 1 heterocycles. The molecule has 32 heavy (non-hydrogen) atoms. The lowest BCUT2D eigenvalue weighted by Crippen LogP contribution is -2.22. The van der Waals surface area contributed by atoms with Gasteiger partial charge in [-0.25, -0.2) is 0 Å². The molecule has 0 aliphatic carbocycles. The molecule has 0 unspecified atom stereocenters. The highest BCUT2D eigenvalue weighted by molar-refractivity contribution is 5.92. The summed E-state index contributed by atoms with van der Waals surface area (Å²) in [4.78, 5) is 25.8. The topological polar surface area (TPSA) is 77.8 Å². The van der Waals surface area contributed by atoms with Crippen LogP contribution in [0.15, 0.2) is 75.9 Å². The molecule has 1 amide bonds. The van der Waals surface area contributed by atoms with Crippen molar-refractivity contribution in [3.63, 3.8) is 0 Å². The number of ether oxygens (including phenoxy) is 2. The lowest BCUT2D eigenvalue weighted by atomic mass is 10.1. The van der Waals surface area contributed by atoms with Crippen molar-refractivity contribution in [3.8, 4) is 22.8 Å². The average Bonchev–Trinajstić information content (AvgIpc) is 2.79. The van der Waals surface area contributed by atoms with Gasteiger partial charge < -0.3 is 19.2 Å². The number of para-hydroxylation sites is 1. The van der Waals surface area contributed by atoms with Gasteiger partial charge in [-0.15, -0.1) is 0 Å². The first-order valence-corrected chi connectivity index (χ1v) is 10.2. The second-order valence-corrected chi connectivity index (χ2v) is 7.48. The first kappa shape index (κ1) is 21.2. The van der Waals surface area contributed by atoms with E-state index in [9.17, 15) is 9.59 Å². The predicted molar refractivity (Wildman–Crippen MR) is 125 cm³/mol. The summed E-state index contributed by atoms with van der Waals surface area (Å²) in [5.41, 5.74) is 3.24. The van der Waals surface area contributed by atoms with Gasteiger partial charge in [0.25, 0.3) is 5.91 Å². The molecule has 0 aliphatic rings. The molecular formula is C26H23NO5. The summed E-state index contributed by atoms with van der Waals surface area (Å²) in [6.45, 7) is 3.47. The second kappa shape index (κ2) is 8.98. The Morgan fingerprint density at radius 1 is 1.00 bits per heavy atom. The quantitative estimate of drug-likeness (QED) is 0.461. The Bertz CT molecular complexity index is 1320. The van der Waals surface area contributed by atoms with Crippen molar-refractivity contribution in [3.05, 3.63) is 88.1 Å². The smallest absolute Gasteiger partial charge is 0.262 e. The molecular weight excluding hydrogens is 406 g/mol. The minimum atomic E-state index is -0.378. The summed E-state index contributed by atoms with van der Waals surface area (Å²) in [6.07, 6.45) is 0. The molecule has 6 nitrogen and oxygen atoms in total. The molecule has 162 valence electrons. The number of carbonyl (C=O) groups excluding carboxylic acids is 1. The Kier molecular flexibility index (Phi) is 5.94. The van der Waals surface area contributed by atoms with Crippen LogP contribution in [0.1, 0.15) is 11.1 Å². The standard InChI is InChI=1S/C26H23NO5/c1-16-13-17(2)24-21(14-16)23(29)26(25(32-24)18-9-11-20(30-3)12-10-18)31-15-22(28)27-19-7-5-4-6-8-19/h4-14H,15H2,1-3H3,(H,27,28). The molecule has 0 saturated carbocycles. The van der Waals surface area contributed by atoms with Crippen molar-refractivity contribution in [1.82, 2.24) is 0 Å². The maximum atomic E-state index is 13.4. The van der Waals surface area contributed by atoms with Crippen LogP contribution in [-0.2, 0) is 4.79 Å². The predicted octanol–water partition coefficient (Wildman–Crippen LogP) is 5.10. The molecule has 1 N–H and O–H groups in total. The molecule has 0 saturated heterocycles. The number of aryl methyl sites for hydroxylation is 2. The normalized spacial score (nSPS) is 10.7. The van der Waals surface area contributed by atoms with Crippen molar-refractivity contribution in [2.45, 2.75) is 13.8 Å². The number of anilines is 1. The van der Waals surface area contributed by atoms with Crippen molar-refractivity contribution >= 4 is 22.6 Å². The summed E-state index contributed by atoms with van der Waals surface area (Å²) >= 11 is 0. The van der Waals surface area contributed by atoms with Crippen LogP contribution in [0.3, 0.4) is 0 Å². The highest BCUT2D eigenvalue weighted by Crippen LogP contribution is 2.33. The van der Waals surface area contributed by atoms with Gasteiger partial charge in [-0.05, 0) is 67.4 Å². The van der Waals surface area contributed by atoms with Gasteiger partial charge in [-0.1, -0.05) is 24.3 Å². The maximum absolute atomic E-state index is 13.4. The number of hydrogen-bond donors (Lipinski definition) is 1. The lowest BCUT2D eigenvalue weighted by molar-refractivity contribution is -0.118. The summed E-state index contributed by atoms with van der Waals surface area (Å²) < 4.78 is 17.1. The number of rotatable bonds is 6. The molecule has 0 atom stereocenters. The molecule has 6 heteroatoms. The fourth-order valence-corrected chi connectivity index (χ4v) is 3.55. The summed E-state index contributed by atoms with van der Waals surface area (Å²) in [5.74, 6) is 0.561. The number of fused-ring (bicyclic) bond motifs is 1. The van der Waals surface area contributed by atoms with Crippen LogP contribution in [0.2, 0.25) is 0 Å². The van der Waals surface area contributed by atoms with Gasteiger partial charge in [0.2, 0.25) is 11.2 Å². The zero-order chi connectivity index (χ0) is 22.7. The van der Waals surface area contributed by atoms with E-state index in [2.05, 4.69) is 5.32 Å². The zero-order valence-corrected chi connectivity index (χ0v) is 18.1. The van der Waals surface area contributed by atoms with Crippen LogP contribution >= 0.6 is 0 Å². The molecule has 0 aliphatic heterocycles. The van der Waals surface area contributed by atoms with Crippen LogP contribution in [-0.4, -0.2) is 19.6 Å². The Morgan fingerprint density at radius 2 is 1.72 bits per heavy atom. The molecule has 4 aromatic rings. The number of methoxy groups -OCH3 is 1. The Balaban J connectivity index is 1.75. The lowest BCUT2D eigenvalue weighted by Gasteiger charge is -2.13. The minimum Gasteiger partial charge on any atom is -0.497 e. The minimum absolute atomic E-state index is 0.00382. The van der Waals surface area contributed by atoms with E-state index in [0.717, 1.165) is 11.1 Å². The molecule has 0 spiro atoms. The van der Waals surface area contributed by atoms with Gasteiger partial charge in [-0.3, -0.25) is 9.59 Å². The van der Waals surface area contributed by atoms with E-state index in [4.69, 9.17) is 13.9 Å². The van der Waals surface area contributed by atoms with E-state index in [1.807, 2.05) is 38.1 Å². The van der Waals surface area contributed by atoms with Crippen molar-refractivity contribution in [2.75, 3.05) is 19.0 Å². The van der Waals surface area contributed by atoms with Crippen molar-refractivity contribution in [1.29, 1.82) is 0 Å². The number of amides is 1. The van der Waals surface area contributed by atoms with E-state index >= 15 is 0 Å². The Labute approximate surface area is 185 Å². The van der Waals surface area contributed by atoms with Gasteiger partial charge in [0.15, 0.2) is 12.4 Å².